The van der Waals surface area contributed by atoms with E-state index in [9.17, 15) is 14.7 Å². The summed E-state index contributed by atoms with van der Waals surface area (Å²) in [6.45, 7) is 4.53. The highest BCUT2D eigenvalue weighted by molar-refractivity contribution is 5.96. The fraction of sp³-hybridized carbons (Fsp3) is 0.353. The number of likely N-dealkylation sites (tertiary alicyclic amines) is 1. The molecule has 1 atom stereocenters. The van der Waals surface area contributed by atoms with Crippen LogP contribution in [-0.2, 0) is 4.79 Å². The van der Waals surface area contributed by atoms with Gasteiger partial charge in [0.2, 0.25) is 0 Å². The van der Waals surface area contributed by atoms with E-state index in [-0.39, 0.29) is 5.91 Å². The molecular formula is C17H19N3O3. The molecular weight excluding hydrogens is 294 g/mol. The topological polar surface area (TPSA) is 86.3 Å². The first-order chi connectivity index (χ1) is 11.0. The molecule has 0 bridgehead atoms. The summed E-state index contributed by atoms with van der Waals surface area (Å²) in [5.41, 5.74) is 4.29. The Labute approximate surface area is 134 Å². The summed E-state index contributed by atoms with van der Waals surface area (Å²) in [4.78, 5) is 25.1. The van der Waals surface area contributed by atoms with Gasteiger partial charge in [-0.2, -0.15) is 5.10 Å². The Kier molecular flexibility index (Phi) is 3.90. The Morgan fingerprint density at radius 3 is 2.74 bits per heavy atom. The van der Waals surface area contributed by atoms with Crippen molar-refractivity contribution < 1.29 is 14.7 Å². The van der Waals surface area contributed by atoms with E-state index in [0.29, 0.717) is 30.8 Å². The molecule has 1 amide bonds. The van der Waals surface area contributed by atoms with Gasteiger partial charge in [0.1, 0.15) is 11.7 Å². The molecule has 0 spiro atoms. The van der Waals surface area contributed by atoms with Crippen LogP contribution in [0.25, 0.3) is 11.3 Å². The second-order valence-electron chi connectivity index (χ2n) is 5.96. The highest BCUT2D eigenvalue weighted by Gasteiger charge is 2.35. The number of carbonyl (C=O) groups excluding carboxylic acids is 1. The van der Waals surface area contributed by atoms with Gasteiger partial charge in [-0.3, -0.25) is 9.89 Å². The van der Waals surface area contributed by atoms with Gasteiger partial charge in [-0.05, 0) is 49.9 Å². The molecule has 3 rings (SSSR count). The molecule has 1 aliphatic heterocycles. The zero-order valence-corrected chi connectivity index (χ0v) is 13.2. The number of rotatable bonds is 3. The molecule has 1 aliphatic rings. The van der Waals surface area contributed by atoms with Crippen LogP contribution in [0.2, 0.25) is 0 Å². The van der Waals surface area contributed by atoms with Crippen LogP contribution >= 0.6 is 0 Å². The van der Waals surface area contributed by atoms with Gasteiger partial charge >= 0.3 is 5.97 Å². The highest BCUT2D eigenvalue weighted by atomic mass is 16.4. The summed E-state index contributed by atoms with van der Waals surface area (Å²) in [5, 5.41) is 16.1. The number of carbonyl (C=O) groups is 2. The number of carboxylic acids is 1. The Morgan fingerprint density at radius 1 is 1.26 bits per heavy atom. The van der Waals surface area contributed by atoms with Crippen molar-refractivity contribution in [1.29, 1.82) is 0 Å². The SMILES string of the molecule is Cc1ccc(-c2cc(C(=O)N3CCC[C@@H]3C(=O)O)[nH]n2)cc1C. The van der Waals surface area contributed by atoms with Gasteiger partial charge in [-0.25, -0.2) is 4.79 Å². The number of aromatic amines is 1. The maximum Gasteiger partial charge on any atom is 0.326 e. The summed E-state index contributed by atoms with van der Waals surface area (Å²) in [7, 11) is 0. The van der Waals surface area contributed by atoms with E-state index in [1.54, 1.807) is 6.07 Å². The number of hydrogen-bond donors (Lipinski definition) is 2. The molecule has 0 aliphatic carbocycles. The van der Waals surface area contributed by atoms with E-state index < -0.39 is 12.0 Å². The Hall–Kier alpha value is -2.63. The molecule has 1 aromatic heterocycles. The zero-order chi connectivity index (χ0) is 16.6. The van der Waals surface area contributed by atoms with Gasteiger partial charge in [-0.1, -0.05) is 12.1 Å². The summed E-state index contributed by atoms with van der Waals surface area (Å²) < 4.78 is 0. The smallest absolute Gasteiger partial charge is 0.326 e. The van der Waals surface area contributed by atoms with Crippen LogP contribution < -0.4 is 0 Å². The van der Waals surface area contributed by atoms with Gasteiger partial charge in [0.25, 0.3) is 5.91 Å². The van der Waals surface area contributed by atoms with Crippen LogP contribution in [0.15, 0.2) is 24.3 Å². The molecule has 6 nitrogen and oxygen atoms in total. The van der Waals surface area contributed by atoms with Crippen molar-refractivity contribution in [2.75, 3.05) is 6.54 Å². The lowest BCUT2D eigenvalue weighted by atomic mass is 10.0. The van der Waals surface area contributed by atoms with Crippen LogP contribution in [0.1, 0.15) is 34.5 Å². The van der Waals surface area contributed by atoms with E-state index >= 15 is 0 Å². The summed E-state index contributed by atoms with van der Waals surface area (Å²) in [6, 6.07) is 6.94. The molecule has 0 unspecified atom stereocenters. The number of nitrogens with zero attached hydrogens (tertiary/aromatic N) is 2. The van der Waals surface area contributed by atoms with Crippen molar-refractivity contribution in [1.82, 2.24) is 15.1 Å². The van der Waals surface area contributed by atoms with Gasteiger partial charge < -0.3 is 10.0 Å². The second kappa shape index (κ2) is 5.87. The third-order valence-electron chi connectivity index (χ3n) is 4.41. The largest absolute Gasteiger partial charge is 0.480 e. The van der Waals surface area contributed by atoms with Crippen molar-refractivity contribution in [3.05, 3.63) is 41.1 Å². The molecule has 1 saturated heterocycles. The fourth-order valence-corrected chi connectivity index (χ4v) is 2.90. The first kappa shape index (κ1) is 15.3. The molecule has 1 fully saturated rings. The van der Waals surface area contributed by atoms with Crippen LogP contribution in [0.5, 0.6) is 0 Å². The van der Waals surface area contributed by atoms with E-state index in [0.717, 1.165) is 11.1 Å². The second-order valence-corrected chi connectivity index (χ2v) is 5.96. The summed E-state index contributed by atoms with van der Waals surface area (Å²) in [6.07, 6.45) is 1.21. The molecule has 23 heavy (non-hydrogen) atoms. The zero-order valence-electron chi connectivity index (χ0n) is 13.2. The first-order valence-corrected chi connectivity index (χ1v) is 7.64. The molecule has 2 aromatic rings. The first-order valence-electron chi connectivity index (χ1n) is 7.64. The molecule has 6 heteroatoms. The number of amides is 1. The Morgan fingerprint density at radius 2 is 2.04 bits per heavy atom. The minimum Gasteiger partial charge on any atom is -0.480 e. The number of nitrogens with one attached hydrogen (secondary N) is 1. The van der Waals surface area contributed by atoms with Crippen molar-refractivity contribution in [3.63, 3.8) is 0 Å². The Bertz CT molecular complexity index is 766. The Balaban J connectivity index is 1.85. The number of carboxylic acid groups (broad SMARTS) is 1. The van der Waals surface area contributed by atoms with Crippen LogP contribution in [0.3, 0.4) is 0 Å². The molecule has 120 valence electrons. The van der Waals surface area contributed by atoms with Crippen molar-refractivity contribution in [2.45, 2.75) is 32.7 Å². The average Bonchev–Trinajstić information content (AvgIpc) is 3.18. The van der Waals surface area contributed by atoms with Gasteiger partial charge in [0.05, 0.1) is 5.69 Å². The number of aliphatic carboxylic acids is 1. The van der Waals surface area contributed by atoms with Crippen LogP contribution in [0.4, 0.5) is 0 Å². The number of hydrogen-bond acceptors (Lipinski definition) is 3. The maximum atomic E-state index is 12.5. The van der Waals surface area contributed by atoms with Crippen molar-refractivity contribution >= 4 is 11.9 Å². The number of aryl methyl sites for hydroxylation is 2. The number of benzene rings is 1. The van der Waals surface area contributed by atoms with Gasteiger partial charge in [0, 0.05) is 12.1 Å². The minimum atomic E-state index is -0.954. The quantitative estimate of drug-likeness (QED) is 0.911. The number of H-pyrrole nitrogens is 1. The predicted octanol–water partition coefficient (Wildman–Crippen LogP) is 2.38. The fourth-order valence-electron chi connectivity index (χ4n) is 2.90. The van der Waals surface area contributed by atoms with Crippen LogP contribution in [0, 0.1) is 13.8 Å². The van der Waals surface area contributed by atoms with Gasteiger partial charge in [-0.15, -0.1) is 0 Å². The van der Waals surface area contributed by atoms with Crippen molar-refractivity contribution in [3.8, 4) is 11.3 Å². The summed E-state index contributed by atoms with van der Waals surface area (Å²) >= 11 is 0. The lowest BCUT2D eigenvalue weighted by molar-refractivity contribution is -0.141. The number of aromatic nitrogens is 2. The third kappa shape index (κ3) is 2.84. The molecule has 1 aromatic carbocycles. The normalized spacial score (nSPS) is 17.5. The predicted molar refractivity (Wildman–Crippen MR) is 85.2 cm³/mol. The third-order valence-corrected chi connectivity index (χ3v) is 4.41. The monoisotopic (exact) mass is 313 g/mol. The lowest BCUT2D eigenvalue weighted by Crippen LogP contribution is -2.40. The van der Waals surface area contributed by atoms with Crippen LogP contribution in [-0.4, -0.2) is 44.7 Å². The van der Waals surface area contributed by atoms with E-state index in [2.05, 4.69) is 10.2 Å². The maximum absolute atomic E-state index is 12.5. The van der Waals surface area contributed by atoms with E-state index in [1.807, 2.05) is 32.0 Å². The molecule has 0 saturated carbocycles. The molecule has 0 radical (unpaired) electrons. The van der Waals surface area contributed by atoms with Gasteiger partial charge in [0.15, 0.2) is 0 Å². The van der Waals surface area contributed by atoms with E-state index in [1.165, 1.54) is 10.5 Å². The van der Waals surface area contributed by atoms with Crippen molar-refractivity contribution in [2.24, 2.45) is 0 Å². The van der Waals surface area contributed by atoms with E-state index in [4.69, 9.17) is 0 Å². The standard InChI is InChI=1S/C17H19N3O3/c1-10-5-6-12(8-11(10)2)13-9-14(19-18-13)16(21)20-7-3-4-15(20)17(22)23/h5-6,8-9,15H,3-4,7H2,1-2H3,(H,18,19)(H,22,23)/t15-/m1/s1. The molecule has 2 heterocycles. The summed E-state index contributed by atoms with van der Waals surface area (Å²) in [5.74, 6) is -1.26. The average molecular weight is 313 g/mol. The lowest BCUT2D eigenvalue weighted by Gasteiger charge is -2.20. The minimum absolute atomic E-state index is 0.308. The highest BCUT2D eigenvalue weighted by Crippen LogP contribution is 2.24. The molecule has 2 N–H and O–H groups in total.